The van der Waals surface area contributed by atoms with E-state index in [2.05, 4.69) is 5.10 Å². The van der Waals surface area contributed by atoms with E-state index in [0.29, 0.717) is 38.3 Å². The summed E-state index contributed by atoms with van der Waals surface area (Å²) in [5.74, 6) is 0. The van der Waals surface area contributed by atoms with Crippen molar-refractivity contribution in [2.75, 3.05) is 31.1 Å². The average molecular weight is 320 g/mol. The number of alkyl halides is 3. The first kappa shape index (κ1) is 16.8. The Morgan fingerprint density at radius 2 is 2.23 bits per heavy atom. The molecule has 1 fully saturated rings. The summed E-state index contributed by atoms with van der Waals surface area (Å²) in [5, 5.41) is 3.82. The van der Waals surface area contributed by atoms with E-state index in [-0.39, 0.29) is 6.10 Å². The Kier molecular flexibility index (Phi) is 5.41. The van der Waals surface area contributed by atoms with E-state index in [4.69, 9.17) is 10.5 Å². The molecule has 1 aliphatic rings. The van der Waals surface area contributed by atoms with Crippen LogP contribution in [0.1, 0.15) is 12.8 Å². The fourth-order valence-corrected chi connectivity index (χ4v) is 2.31. The summed E-state index contributed by atoms with van der Waals surface area (Å²) in [7, 11) is 0. The van der Waals surface area contributed by atoms with Crippen molar-refractivity contribution in [3.63, 3.8) is 0 Å². The van der Waals surface area contributed by atoms with E-state index in [9.17, 15) is 18.0 Å². The van der Waals surface area contributed by atoms with Crippen molar-refractivity contribution < 1.29 is 17.9 Å². The van der Waals surface area contributed by atoms with Gasteiger partial charge in [-0.25, -0.2) is 4.68 Å². The molecule has 124 valence electrons. The normalized spacial score (nSPS) is 19.5. The second-order valence-corrected chi connectivity index (χ2v) is 5.16. The molecule has 1 aromatic rings. The number of nitrogens with zero attached hydrogens (tertiary/aromatic N) is 3. The van der Waals surface area contributed by atoms with Gasteiger partial charge in [0.05, 0.1) is 37.6 Å². The molecule has 6 nitrogen and oxygen atoms in total. The summed E-state index contributed by atoms with van der Waals surface area (Å²) < 4.78 is 42.9. The third-order valence-electron chi connectivity index (χ3n) is 3.45. The molecular weight excluding hydrogens is 301 g/mol. The van der Waals surface area contributed by atoms with Gasteiger partial charge in [0.2, 0.25) is 0 Å². The van der Waals surface area contributed by atoms with Crippen LogP contribution in [-0.4, -0.2) is 48.3 Å². The second kappa shape index (κ2) is 7.10. The summed E-state index contributed by atoms with van der Waals surface area (Å²) in [5.41, 5.74) is 5.56. The van der Waals surface area contributed by atoms with Gasteiger partial charge >= 0.3 is 6.18 Å². The summed E-state index contributed by atoms with van der Waals surface area (Å²) in [6, 6.07) is 1.31. The maximum absolute atomic E-state index is 12.2. The molecule has 0 spiro atoms. The highest BCUT2D eigenvalue weighted by molar-refractivity contribution is 5.43. The van der Waals surface area contributed by atoms with E-state index in [1.165, 1.54) is 12.3 Å². The Morgan fingerprint density at radius 1 is 1.45 bits per heavy atom. The summed E-state index contributed by atoms with van der Waals surface area (Å²) >= 11 is 0. The van der Waals surface area contributed by atoms with Gasteiger partial charge in [-0.15, -0.1) is 0 Å². The van der Waals surface area contributed by atoms with Crippen LogP contribution in [0.2, 0.25) is 0 Å². The Labute approximate surface area is 125 Å². The molecule has 2 N–H and O–H groups in total. The van der Waals surface area contributed by atoms with E-state index in [1.807, 2.05) is 4.90 Å². The standard InChI is InChI=1S/C13H19F3N4O2/c14-13(15,16)2-4-20-12(21)7-10(8-18-20)19-5-6-22-11(9-19)1-3-17/h7-8,11H,1-6,9,17H2. The van der Waals surface area contributed by atoms with Gasteiger partial charge in [-0.05, 0) is 13.0 Å². The summed E-state index contributed by atoms with van der Waals surface area (Å²) in [6.07, 6.45) is -3.25. The molecule has 0 bridgehead atoms. The zero-order chi connectivity index (χ0) is 16.2. The predicted molar refractivity (Wildman–Crippen MR) is 74.8 cm³/mol. The van der Waals surface area contributed by atoms with E-state index < -0.39 is 24.7 Å². The smallest absolute Gasteiger partial charge is 0.374 e. The average Bonchev–Trinajstić information content (AvgIpc) is 2.45. The van der Waals surface area contributed by atoms with Gasteiger partial charge in [0.1, 0.15) is 0 Å². The molecule has 0 aliphatic carbocycles. The van der Waals surface area contributed by atoms with Crippen LogP contribution in [0.5, 0.6) is 0 Å². The zero-order valence-electron chi connectivity index (χ0n) is 12.1. The molecule has 2 rings (SSSR count). The number of nitrogens with two attached hydrogens (primary N) is 1. The number of aromatic nitrogens is 2. The molecule has 0 amide bonds. The molecule has 1 aromatic heterocycles. The fourth-order valence-electron chi connectivity index (χ4n) is 2.31. The molecular formula is C13H19F3N4O2. The van der Waals surface area contributed by atoms with Gasteiger partial charge in [0.15, 0.2) is 0 Å². The Hall–Kier alpha value is -1.61. The van der Waals surface area contributed by atoms with Crippen LogP contribution in [0.25, 0.3) is 0 Å². The first-order chi connectivity index (χ1) is 10.4. The number of ether oxygens (including phenoxy) is 1. The molecule has 2 heterocycles. The lowest BCUT2D eigenvalue weighted by Gasteiger charge is -2.34. The lowest BCUT2D eigenvalue weighted by atomic mass is 10.2. The number of anilines is 1. The van der Waals surface area contributed by atoms with Crippen molar-refractivity contribution in [3.05, 3.63) is 22.6 Å². The number of rotatable bonds is 5. The van der Waals surface area contributed by atoms with Crippen LogP contribution in [-0.2, 0) is 11.3 Å². The van der Waals surface area contributed by atoms with Crippen molar-refractivity contribution >= 4 is 5.69 Å². The highest BCUT2D eigenvalue weighted by Gasteiger charge is 2.27. The van der Waals surface area contributed by atoms with Gasteiger partial charge in [0.25, 0.3) is 5.56 Å². The van der Waals surface area contributed by atoms with Crippen LogP contribution >= 0.6 is 0 Å². The topological polar surface area (TPSA) is 73.4 Å². The molecule has 1 saturated heterocycles. The van der Waals surface area contributed by atoms with E-state index in [1.54, 1.807) is 0 Å². The maximum atomic E-state index is 12.2. The molecule has 1 unspecified atom stereocenters. The van der Waals surface area contributed by atoms with Gasteiger partial charge in [-0.1, -0.05) is 0 Å². The van der Waals surface area contributed by atoms with Gasteiger partial charge < -0.3 is 15.4 Å². The number of morpholine rings is 1. The molecule has 0 aromatic carbocycles. The Balaban J connectivity index is 2.04. The minimum atomic E-state index is -4.31. The Morgan fingerprint density at radius 3 is 2.86 bits per heavy atom. The lowest BCUT2D eigenvalue weighted by molar-refractivity contribution is -0.137. The first-order valence-electron chi connectivity index (χ1n) is 7.09. The van der Waals surface area contributed by atoms with E-state index >= 15 is 0 Å². The van der Waals surface area contributed by atoms with Crippen molar-refractivity contribution in [2.45, 2.75) is 31.7 Å². The summed E-state index contributed by atoms with van der Waals surface area (Å²) in [4.78, 5) is 13.8. The van der Waals surface area contributed by atoms with Crippen molar-refractivity contribution in [2.24, 2.45) is 5.73 Å². The van der Waals surface area contributed by atoms with E-state index in [0.717, 1.165) is 4.68 Å². The maximum Gasteiger partial charge on any atom is 0.390 e. The number of hydrogen-bond acceptors (Lipinski definition) is 5. The second-order valence-electron chi connectivity index (χ2n) is 5.16. The van der Waals surface area contributed by atoms with Gasteiger partial charge in [-0.3, -0.25) is 4.79 Å². The minimum absolute atomic E-state index is 0.00795. The summed E-state index contributed by atoms with van der Waals surface area (Å²) in [6.45, 7) is 1.75. The predicted octanol–water partition coefficient (Wildman–Crippen LogP) is 0.750. The van der Waals surface area contributed by atoms with Crippen LogP contribution in [0.15, 0.2) is 17.1 Å². The monoisotopic (exact) mass is 320 g/mol. The SMILES string of the molecule is NCCC1CN(c2cnn(CCC(F)(F)F)c(=O)c2)CCO1. The van der Waals surface area contributed by atoms with Gasteiger partial charge in [-0.2, -0.15) is 18.3 Å². The lowest BCUT2D eigenvalue weighted by Crippen LogP contribution is -2.44. The van der Waals surface area contributed by atoms with Crippen LogP contribution in [0.3, 0.4) is 0 Å². The number of aryl methyl sites for hydroxylation is 1. The van der Waals surface area contributed by atoms with Crippen molar-refractivity contribution in [1.29, 1.82) is 0 Å². The molecule has 1 aliphatic heterocycles. The third-order valence-corrected chi connectivity index (χ3v) is 3.45. The fraction of sp³-hybridized carbons (Fsp3) is 0.692. The first-order valence-corrected chi connectivity index (χ1v) is 7.09. The van der Waals surface area contributed by atoms with Crippen LogP contribution in [0, 0.1) is 0 Å². The number of halogens is 3. The highest BCUT2D eigenvalue weighted by Crippen LogP contribution is 2.20. The zero-order valence-corrected chi connectivity index (χ0v) is 12.1. The van der Waals surface area contributed by atoms with Crippen molar-refractivity contribution in [3.8, 4) is 0 Å². The molecule has 0 saturated carbocycles. The minimum Gasteiger partial charge on any atom is -0.374 e. The van der Waals surface area contributed by atoms with Crippen molar-refractivity contribution in [1.82, 2.24) is 9.78 Å². The van der Waals surface area contributed by atoms with Crippen LogP contribution in [0.4, 0.5) is 18.9 Å². The quantitative estimate of drug-likeness (QED) is 0.867. The Bertz CT molecular complexity index is 545. The molecule has 1 atom stereocenters. The highest BCUT2D eigenvalue weighted by atomic mass is 19.4. The molecule has 9 heteroatoms. The molecule has 22 heavy (non-hydrogen) atoms. The van der Waals surface area contributed by atoms with Gasteiger partial charge in [0, 0.05) is 19.2 Å². The molecule has 0 radical (unpaired) electrons. The number of hydrogen-bond donors (Lipinski definition) is 1. The largest absolute Gasteiger partial charge is 0.390 e. The van der Waals surface area contributed by atoms with Crippen LogP contribution < -0.4 is 16.2 Å². The third kappa shape index (κ3) is 4.70.